The van der Waals surface area contributed by atoms with E-state index in [1.807, 2.05) is 6.07 Å². The van der Waals surface area contributed by atoms with Crippen LogP contribution in [0.2, 0.25) is 0 Å². The van der Waals surface area contributed by atoms with Crippen LogP contribution in [0.15, 0.2) is 29.4 Å². The molecule has 0 atom stereocenters. The van der Waals surface area contributed by atoms with Crippen molar-refractivity contribution < 1.29 is 9.60 Å². The minimum Gasteiger partial charge on any atom is -0.409 e. The van der Waals surface area contributed by atoms with E-state index in [9.17, 15) is 4.39 Å². The number of benzene rings is 1. The molecular weight excluding hydrogens is 233 g/mol. The van der Waals surface area contributed by atoms with Gasteiger partial charge >= 0.3 is 0 Å². The molecule has 1 rings (SSSR count). The first kappa shape index (κ1) is 14.4. The Morgan fingerprint density at radius 1 is 1.33 bits per heavy atom. The summed E-state index contributed by atoms with van der Waals surface area (Å²) in [6, 6.07) is 6.65. The van der Waals surface area contributed by atoms with Crippen LogP contribution >= 0.6 is 0 Å². The predicted molar refractivity (Wildman–Crippen MR) is 70.2 cm³/mol. The Labute approximate surface area is 107 Å². The molecular formula is C13H20FN3O. The Morgan fingerprint density at radius 3 is 2.89 bits per heavy atom. The lowest BCUT2D eigenvalue weighted by Crippen LogP contribution is -2.19. The van der Waals surface area contributed by atoms with Crippen molar-refractivity contribution in [3.8, 4) is 0 Å². The molecule has 4 nitrogen and oxygen atoms in total. The van der Waals surface area contributed by atoms with Crippen molar-refractivity contribution >= 4 is 5.84 Å². The molecule has 0 bridgehead atoms. The van der Waals surface area contributed by atoms with Crippen molar-refractivity contribution in [1.29, 1.82) is 0 Å². The molecule has 0 aromatic heterocycles. The smallest absolute Gasteiger partial charge is 0.139 e. The van der Waals surface area contributed by atoms with E-state index in [1.54, 1.807) is 12.1 Å². The van der Waals surface area contributed by atoms with Gasteiger partial charge in [0.15, 0.2) is 0 Å². The number of nitrogens with zero attached hydrogens (tertiary/aromatic N) is 1. The fraction of sp³-hybridized carbons (Fsp3) is 0.462. The van der Waals surface area contributed by atoms with Gasteiger partial charge in [-0.05, 0) is 50.0 Å². The van der Waals surface area contributed by atoms with Crippen molar-refractivity contribution in [3.05, 3.63) is 35.6 Å². The molecule has 0 unspecified atom stereocenters. The Hall–Kier alpha value is -1.62. The lowest BCUT2D eigenvalue weighted by atomic mass is 10.1. The van der Waals surface area contributed by atoms with E-state index in [4.69, 9.17) is 10.9 Å². The van der Waals surface area contributed by atoms with Gasteiger partial charge in [0, 0.05) is 6.42 Å². The number of nitrogens with one attached hydrogen (secondary N) is 1. The first-order valence-electron chi connectivity index (χ1n) is 6.14. The number of unbranched alkanes of at least 4 members (excludes halogenated alkanes) is 1. The summed E-state index contributed by atoms with van der Waals surface area (Å²) in [7, 11) is 0. The number of halogens is 1. The van der Waals surface area contributed by atoms with Crippen molar-refractivity contribution in [1.82, 2.24) is 5.32 Å². The third-order valence-electron chi connectivity index (χ3n) is 2.64. The molecule has 0 fully saturated rings. The maximum atomic E-state index is 12.9. The molecule has 1 aromatic rings. The second-order valence-electron chi connectivity index (χ2n) is 4.18. The van der Waals surface area contributed by atoms with E-state index < -0.39 is 0 Å². The van der Waals surface area contributed by atoms with E-state index in [-0.39, 0.29) is 11.7 Å². The van der Waals surface area contributed by atoms with Crippen LogP contribution in [0.25, 0.3) is 0 Å². The van der Waals surface area contributed by atoms with E-state index in [1.165, 1.54) is 6.07 Å². The molecule has 0 aliphatic heterocycles. The van der Waals surface area contributed by atoms with Crippen LogP contribution < -0.4 is 11.1 Å². The number of amidine groups is 1. The largest absolute Gasteiger partial charge is 0.409 e. The van der Waals surface area contributed by atoms with E-state index >= 15 is 0 Å². The highest BCUT2D eigenvalue weighted by molar-refractivity contribution is 5.79. The standard InChI is InChI=1S/C13H20FN3O/c14-12-5-3-4-11(10-12)7-9-16-8-2-1-6-13(15)17-18/h3-5,10,16,18H,1-2,6-9H2,(H2,15,17). The first-order valence-corrected chi connectivity index (χ1v) is 6.14. The Kier molecular flexibility index (Phi) is 6.79. The third kappa shape index (κ3) is 6.20. The molecule has 0 spiro atoms. The zero-order valence-corrected chi connectivity index (χ0v) is 10.4. The fourth-order valence-corrected chi connectivity index (χ4v) is 1.66. The molecule has 0 aliphatic rings. The highest BCUT2D eigenvalue weighted by atomic mass is 19.1. The second kappa shape index (κ2) is 8.47. The van der Waals surface area contributed by atoms with Crippen molar-refractivity contribution in [2.75, 3.05) is 13.1 Å². The molecule has 0 radical (unpaired) electrons. The van der Waals surface area contributed by atoms with Crippen LogP contribution in [0.3, 0.4) is 0 Å². The van der Waals surface area contributed by atoms with Gasteiger partial charge in [-0.2, -0.15) is 0 Å². The molecule has 0 amide bonds. The van der Waals surface area contributed by atoms with E-state index in [0.717, 1.165) is 37.9 Å². The zero-order chi connectivity index (χ0) is 13.2. The molecule has 5 heteroatoms. The summed E-state index contributed by atoms with van der Waals surface area (Å²) in [5.41, 5.74) is 6.35. The van der Waals surface area contributed by atoms with Crippen LogP contribution in [-0.2, 0) is 6.42 Å². The average molecular weight is 253 g/mol. The van der Waals surface area contributed by atoms with Crippen LogP contribution in [0, 0.1) is 5.82 Å². The van der Waals surface area contributed by atoms with Gasteiger partial charge in [-0.3, -0.25) is 0 Å². The quantitative estimate of drug-likeness (QED) is 0.218. The summed E-state index contributed by atoms with van der Waals surface area (Å²) < 4.78 is 12.9. The van der Waals surface area contributed by atoms with Crippen LogP contribution in [0.5, 0.6) is 0 Å². The monoisotopic (exact) mass is 253 g/mol. The summed E-state index contributed by atoms with van der Waals surface area (Å²) in [6.45, 7) is 1.71. The van der Waals surface area contributed by atoms with Gasteiger partial charge in [-0.1, -0.05) is 17.3 Å². The molecule has 1 aromatic carbocycles. The van der Waals surface area contributed by atoms with Crippen molar-refractivity contribution in [3.63, 3.8) is 0 Å². The SMILES string of the molecule is NC(CCCCNCCc1cccc(F)c1)=NO. The van der Waals surface area contributed by atoms with Crippen LogP contribution in [0.4, 0.5) is 4.39 Å². The summed E-state index contributed by atoms with van der Waals surface area (Å²) in [5, 5.41) is 14.5. The minimum atomic E-state index is -0.189. The highest BCUT2D eigenvalue weighted by Gasteiger charge is 1.96. The fourth-order valence-electron chi connectivity index (χ4n) is 1.66. The van der Waals surface area contributed by atoms with Gasteiger partial charge in [0.1, 0.15) is 11.7 Å². The number of hydrogen-bond acceptors (Lipinski definition) is 3. The van der Waals surface area contributed by atoms with E-state index in [2.05, 4.69) is 10.5 Å². The van der Waals surface area contributed by atoms with Crippen LogP contribution in [0.1, 0.15) is 24.8 Å². The Bertz CT molecular complexity index is 382. The van der Waals surface area contributed by atoms with Crippen LogP contribution in [-0.4, -0.2) is 24.1 Å². The van der Waals surface area contributed by atoms with Gasteiger partial charge < -0.3 is 16.3 Å². The van der Waals surface area contributed by atoms with Gasteiger partial charge in [-0.15, -0.1) is 0 Å². The Balaban J connectivity index is 2.02. The van der Waals surface area contributed by atoms with E-state index in [0.29, 0.717) is 6.42 Å². The number of hydrogen-bond donors (Lipinski definition) is 3. The van der Waals surface area contributed by atoms with Gasteiger partial charge in [0.05, 0.1) is 0 Å². The van der Waals surface area contributed by atoms with Gasteiger partial charge in [-0.25, -0.2) is 4.39 Å². The number of rotatable bonds is 8. The third-order valence-corrected chi connectivity index (χ3v) is 2.64. The highest BCUT2D eigenvalue weighted by Crippen LogP contribution is 2.03. The lowest BCUT2D eigenvalue weighted by molar-refractivity contribution is 0.316. The maximum Gasteiger partial charge on any atom is 0.139 e. The summed E-state index contributed by atoms with van der Waals surface area (Å²) >= 11 is 0. The topological polar surface area (TPSA) is 70.6 Å². The summed E-state index contributed by atoms with van der Waals surface area (Å²) in [6.07, 6.45) is 3.29. The second-order valence-corrected chi connectivity index (χ2v) is 4.18. The lowest BCUT2D eigenvalue weighted by Gasteiger charge is -2.05. The normalized spacial score (nSPS) is 11.7. The van der Waals surface area contributed by atoms with Gasteiger partial charge in [0.25, 0.3) is 0 Å². The predicted octanol–water partition coefficient (Wildman–Crippen LogP) is 1.87. The molecule has 100 valence electrons. The number of oxime groups is 1. The first-order chi connectivity index (χ1) is 8.72. The molecule has 0 aliphatic carbocycles. The number of nitrogens with two attached hydrogens (primary N) is 1. The average Bonchev–Trinajstić information content (AvgIpc) is 2.37. The molecule has 0 saturated heterocycles. The van der Waals surface area contributed by atoms with Gasteiger partial charge in [0.2, 0.25) is 0 Å². The molecule has 0 heterocycles. The molecule has 0 saturated carbocycles. The summed E-state index contributed by atoms with van der Waals surface area (Å²) in [5.74, 6) is 0.0843. The maximum absolute atomic E-state index is 12.9. The zero-order valence-electron chi connectivity index (χ0n) is 10.4. The van der Waals surface area contributed by atoms with Crippen molar-refractivity contribution in [2.45, 2.75) is 25.7 Å². The minimum absolute atomic E-state index is 0.189. The molecule has 18 heavy (non-hydrogen) atoms. The van der Waals surface area contributed by atoms with Crippen molar-refractivity contribution in [2.24, 2.45) is 10.9 Å². The summed E-state index contributed by atoms with van der Waals surface area (Å²) in [4.78, 5) is 0. The molecule has 4 N–H and O–H groups in total. The Morgan fingerprint density at radius 2 is 2.17 bits per heavy atom.